The number of carbonyl (C=O) groups is 1. The monoisotopic (exact) mass is 353 g/mol. The maximum absolute atomic E-state index is 13.1. The molecule has 2 aromatic carbocycles. The summed E-state index contributed by atoms with van der Waals surface area (Å²) < 4.78 is 49.5. The smallest absolute Gasteiger partial charge is 0.416 e. The Hall–Kier alpha value is -2.70. The highest BCUT2D eigenvalue weighted by molar-refractivity contribution is 5.97. The molecule has 2 aromatic rings. The number of benzene rings is 2. The quantitative estimate of drug-likeness (QED) is 0.816. The highest BCUT2D eigenvalue weighted by Crippen LogP contribution is 2.33. The number of alkyl halides is 3. The predicted octanol–water partition coefficient (Wildman–Crippen LogP) is 3.99. The van der Waals surface area contributed by atoms with Gasteiger partial charge in [-0.15, -0.1) is 0 Å². The van der Waals surface area contributed by atoms with Gasteiger partial charge in [0.05, 0.1) is 25.3 Å². The van der Waals surface area contributed by atoms with Gasteiger partial charge in [0.1, 0.15) is 11.5 Å². The zero-order valence-electron chi connectivity index (χ0n) is 14.1. The Morgan fingerprint density at radius 1 is 1.08 bits per heavy atom. The van der Waals surface area contributed by atoms with E-state index in [1.54, 1.807) is 12.1 Å². The highest BCUT2D eigenvalue weighted by Gasteiger charge is 2.33. The normalized spacial score (nSPS) is 11.1. The van der Waals surface area contributed by atoms with Crippen molar-refractivity contribution < 1.29 is 27.4 Å². The second kappa shape index (κ2) is 7.46. The van der Waals surface area contributed by atoms with Crippen molar-refractivity contribution in [3.8, 4) is 11.5 Å². The third-order valence-electron chi connectivity index (χ3n) is 3.72. The molecule has 7 heteroatoms. The average molecular weight is 353 g/mol. The third-order valence-corrected chi connectivity index (χ3v) is 3.72. The molecule has 1 amide bonds. The van der Waals surface area contributed by atoms with Crippen molar-refractivity contribution in [1.29, 1.82) is 0 Å². The standard InChI is InChI=1S/C18H18F3NO3/c1-22(11-12-6-4-5-7-15(12)18(19,20)21)17(23)14-9-8-13(24-2)10-16(14)25-3/h4-10H,11H2,1-3H3. The predicted molar refractivity (Wildman–Crippen MR) is 86.8 cm³/mol. The van der Waals surface area contributed by atoms with E-state index in [0.717, 1.165) is 6.07 Å². The molecule has 2 rings (SSSR count). The van der Waals surface area contributed by atoms with E-state index in [4.69, 9.17) is 9.47 Å². The molecule has 4 nitrogen and oxygen atoms in total. The third kappa shape index (κ3) is 4.23. The van der Waals surface area contributed by atoms with Crippen LogP contribution in [0.15, 0.2) is 42.5 Å². The molecule has 0 saturated heterocycles. The molecule has 0 fully saturated rings. The zero-order chi connectivity index (χ0) is 18.6. The molecule has 0 unspecified atom stereocenters. The van der Waals surface area contributed by atoms with Crippen LogP contribution >= 0.6 is 0 Å². The number of hydrogen-bond acceptors (Lipinski definition) is 3. The minimum atomic E-state index is -4.47. The van der Waals surface area contributed by atoms with E-state index in [-0.39, 0.29) is 17.7 Å². The van der Waals surface area contributed by atoms with Crippen LogP contribution in [0.3, 0.4) is 0 Å². The van der Waals surface area contributed by atoms with Crippen molar-refractivity contribution >= 4 is 5.91 Å². The van der Waals surface area contributed by atoms with Gasteiger partial charge in [-0.3, -0.25) is 4.79 Å². The summed E-state index contributed by atoms with van der Waals surface area (Å²) in [4.78, 5) is 13.8. The Morgan fingerprint density at radius 3 is 2.36 bits per heavy atom. The topological polar surface area (TPSA) is 38.8 Å². The van der Waals surface area contributed by atoms with Gasteiger partial charge in [0.25, 0.3) is 5.91 Å². The molecule has 0 heterocycles. The number of nitrogens with zero attached hydrogens (tertiary/aromatic N) is 1. The van der Waals surface area contributed by atoms with Crippen LogP contribution in [0.1, 0.15) is 21.5 Å². The van der Waals surface area contributed by atoms with E-state index in [9.17, 15) is 18.0 Å². The molecule has 0 aliphatic heterocycles. The summed E-state index contributed by atoms with van der Waals surface area (Å²) >= 11 is 0. The van der Waals surface area contributed by atoms with E-state index < -0.39 is 17.6 Å². The van der Waals surface area contributed by atoms with Crippen LogP contribution in [0.25, 0.3) is 0 Å². The molecule has 25 heavy (non-hydrogen) atoms. The van der Waals surface area contributed by atoms with Crippen LogP contribution in [0.4, 0.5) is 13.2 Å². The first-order valence-corrected chi connectivity index (χ1v) is 7.40. The van der Waals surface area contributed by atoms with Crippen molar-refractivity contribution in [1.82, 2.24) is 4.90 Å². The van der Waals surface area contributed by atoms with Crippen molar-refractivity contribution in [2.45, 2.75) is 12.7 Å². The molecule has 0 bridgehead atoms. The number of amides is 1. The van der Waals surface area contributed by atoms with Crippen molar-refractivity contribution in [2.75, 3.05) is 21.3 Å². The molecule has 134 valence electrons. The van der Waals surface area contributed by atoms with Gasteiger partial charge in [-0.1, -0.05) is 18.2 Å². The minimum absolute atomic E-state index is 0.0262. The fraction of sp³-hybridized carbons (Fsp3) is 0.278. The van der Waals surface area contributed by atoms with Gasteiger partial charge in [0.15, 0.2) is 0 Å². The van der Waals surface area contributed by atoms with Crippen LogP contribution < -0.4 is 9.47 Å². The lowest BCUT2D eigenvalue weighted by Crippen LogP contribution is -2.27. The lowest BCUT2D eigenvalue weighted by Gasteiger charge is -2.21. The molecule has 0 aliphatic carbocycles. The molecule has 0 aromatic heterocycles. The number of halogens is 3. The molecule has 0 spiro atoms. The van der Waals surface area contributed by atoms with Gasteiger partial charge >= 0.3 is 6.18 Å². The van der Waals surface area contributed by atoms with Crippen molar-refractivity contribution in [2.24, 2.45) is 0 Å². The van der Waals surface area contributed by atoms with Gasteiger partial charge in [-0.25, -0.2) is 0 Å². The zero-order valence-corrected chi connectivity index (χ0v) is 14.1. The lowest BCUT2D eigenvalue weighted by atomic mass is 10.1. The van der Waals surface area contributed by atoms with Crippen LogP contribution in [0, 0.1) is 0 Å². The molecule has 0 N–H and O–H groups in total. The summed E-state index contributed by atoms with van der Waals surface area (Å²) in [5.74, 6) is 0.357. The summed E-state index contributed by atoms with van der Waals surface area (Å²) in [7, 11) is 4.33. The number of rotatable bonds is 5. The second-order valence-corrected chi connectivity index (χ2v) is 5.38. The highest BCUT2D eigenvalue weighted by atomic mass is 19.4. The average Bonchev–Trinajstić information content (AvgIpc) is 2.60. The van der Waals surface area contributed by atoms with Crippen molar-refractivity contribution in [3.63, 3.8) is 0 Å². The SMILES string of the molecule is COc1ccc(C(=O)N(C)Cc2ccccc2C(F)(F)F)c(OC)c1. The van der Waals surface area contributed by atoms with Gasteiger partial charge < -0.3 is 14.4 Å². The molecular formula is C18H18F3NO3. The Kier molecular flexibility index (Phi) is 5.56. The van der Waals surface area contributed by atoms with Gasteiger partial charge in [0.2, 0.25) is 0 Å². The molecular weight excluding hydrogens is 335 g/mol. The summed E-state index contributed by atoms with van der Waals surface area (Å²) in [6.45, 7) is -0.177. The van der Waals surface area contributed by atoms with E-state index in [2.05, 4.69) is 0 Å². The Morgan fingerprint density at radius 2 is 1.76 bits per heavy atom. The van der Waals surface area contributed by atoms with Crippen LogP contribution in [-0.2, 0) is 12.7 Å². The Labute approximate surface area is 143 Å². The fourth-order valence-corrected chi connectivity index (χ4v) is 2.44. The van der Waals surface area contributed by atoms with E-state index in [0.29, 0.717) is 11.5 Å². The summed E-state index contributed by atoms with van der Waals surface area (Å²) in [6.07, 6.45) is -4.47. The Bertz CT molecular complexity index is 759. The molecule has 0 aliphatic rings. The van der Waals surface area contributed by atoms with Crippen molar-refractivity contribution in [3.05, 3.63) is 59.2 Å². The first-order valence-electron chi connectivity index (χ1n) is 7.40. The number of carbonyl (C=O) groups excluding carboxylic acids is 1. The largest absolute Gasteiger partial charge is 0.497 e. The van der Waals surface area contributed by atoms with Gasteiger partial charge in [-0.2, -0.15) is 13.2 Å². The van der Waals surface area contributed by atoms with Crippen LogP contribution in [0.2, 0.25) is 0 Å². The summed E-state index contributed by atoms with van der Waals surface area (Å²) in [5.41, 5.74) is -0.482. The molecule has 0 saturated carbocycles. The first-order chi connectivity index (χ1) is 11.8. The number of methoxy groups -OCH3 is 2. The van der Waals surface area contributed by atoms with Gasteiger partial charge in [0, 0.05) is 19.7 Å². The second-order valence-electron chi connectivity index (χ2n) is 5.38. The number of hydrogen-bond donors (Lipinski definition) is 0. The number of ether oxygens (including phenoxy) is 2. The molecule has 0 radical (unpaired) electrons. The van der Waals surface area contributed by atoms with Crippen LogP contribution in [0.5, 0.6) is 11.5 Å². The summed E-state index contributed by atoms with van der Waals surface area (Å²) in [5, 5.41) is 0. The van der Waals surface area contributed by atoms with E-state index >= 15 is 0 Å². The minimum Gasteiger partial charge on any atom is -0.497 e. The van der Waals surface area contributed by atoms with Crippen LogP contribution in [-0.4, -0.2) is 32.1 Å². The maximum atomic E-state index is 13.1. The van der Waals surface area contributed by atoms with E-state index in [1.165, 1.54) is 50.4 Å². The van der Waals surface area contributed by atoms with Gasteiger partial charge in [-0.05, 0) is 23.8 Å². The summed E-state index contributed by atoms with van der Waals surface area (Å²) in [6, 6.07) is 9.85. The Balaban J connectivity index is 2.28. The fourth-order valence-electron chi connectivity index (χ4n) is 2.44. The van der Waals surface area contributed by atoms with E-state index in [1.807, 2.05) is 0 Å². The first kappa shape index (κ1) is 18.6. The lowest BCUT2D eigenvalue weighted by molar-refractivity contribution is -0.138. The molecule has 0 atom stereocenters. The maximum Gasteiger partial charge on any atom is 0.416 e.